The van der Waals surface area contributed by atoms with Gasteiger partial charge in [-0.25, -0.2) is 9.71 Å². The molecule has 0 unspecified atom stereocenters. The molecule has 0 atom stereocenters. The molecule has 2 saturated heterocycles. The molecule has 4 heterocycles. The number of nitrogens with one attached hydrogen (secondary N) is 1. The smallest absolute Gasteiger partial charge is 0.304 e. The van der Waals surface area contributed by atoms with Gasteiger partial charge in [-0.15, -0.1) is 0 Å². The number of morpholine rings is 1. The molecule has 1 amide bonds. The molecule has 2 aliphatic heterocycles. The molecule has 6 rings (SSSR count). The highest BCUT2D eigenvalue weighted by Gasteiger charge is 2.39. The Morgan fingerprint density at radius 2 is 1.73 bits per heavy atom. The van der Waals surface area contributed by atoms with Crippen LogP contribution >= 0.6 is 0 Å². The molecule has 0 radical (unpaired) electrons. The Balaban J connectivity index is 1.45. The molecule has 240 valence electrons. The Bertz CT molecular complexity index is 1860. The van der Waals surface area contributed by atoms with Crippen LogP contribution in [0.25, 0.3) is 33.3 Å². The zero-order valence-electron chi connectivity index (χ0n) is 26.7. The summed E-state index contributed by atoms with van der Waals surface area (Å²) in [7, 11) is -4.13. The number of carbonyl (C=O) groups is 1. The molecule has 0 aliphatic carbocycles. The first-order chi connectivity index (χ1) is 21.2. The van der Waals surface area contributed by atoms with Gasteiger partial charge in [-0.05, 0) is 84.1 Å². The van der Waals surface area contributed by atoms with E-state index in [1.54, 1.807) is 6.07 Å². The van der Waals surface area contributed by atoms with Crippen LogP contribution in [-0.4, -0.2) is 67.7 Å². The number of fused-ring (bicyclic) bond motifs is 2. The van der Waals surface area contributed by atoms with E-state index >= 15 is 0 Å². The Labute approximate surface area is 264 Å². The highest BCUT2D eigenvalue weighted by Crippen LogP contribution is 2.40. The van der Waals surface area contributed by atoms with Crippen molar-refractivity contribution in [2.24, 2.45) is 5.92 Å². The van der Waals surface area contributed by atoms with E-state index in [0.29, 0.717) is 40.3 Å². The Morgan fingerprint density at radius 3 is 2.42 bits per heavy atom. The van der Waals surface area contributed by atoms with Crippen LogP contribution in [0.4, 0.5) is 0 Å². The van der Waals surface area contributed by atoms with Crippen LogP contribution in [0.5, 0.6) is 5.75 Å². The predicted octanol–water partition coefficient (Wildman–Crippen LogP) is 5.93. The summed E-state index contributed by atoms with van der Waals surface area (Å²) in [6.07, 6.45) is 1.64. The second-order valence-corrected chi connectivity index (χ2v) is 15.0. The third kappa shape index (κ3) is 6.44. The van der Waals surface area contributed by atoms with Gasteiger partial charge in [0, 0.05) is 24.0 Å². The second kappa shape index (κ2) is 11.7. The van der Waals surface area contributed by atoms with Gasteiger partial charge in [0.05, 0.1) is 47.5 Å². The summed E-state index contributed by atoms with van der Waals surface area (Å²) in [5.74, 6) is 0.421. The van der Waals surface area contributed by atoms with E-state index in [0.717, 1.165) is 29.4 Å². The van der Waals surface area contributed by atoms with Gasteiger partial charge in [0.25, 0.3) is 5.91 Å². The Kier molecular flexibility index (Phi) is 8.18. The maximum atomic E-state index is 14.0. The van der Waals surface area contributed by atoms with Crippen LogP contribution in [-0.2, 0) is 19.7 Å². The van der Waals surface area contributed by atoms with Crippen LogP contribution in [0.1, 0.15) is 62.0 Å². The number of benzene rings is 2. The number of furan rings is 1. The van der Waals surface area contributed by atoms with Gasteiger partial charge in [-0.2, -0.15) is 12.7 Å². The van der Waals surface area contributed by atoms with Crippen LogP contribution < -0.4 is 9.46 Å². The average molecular weight is 636 g/mol. The van der Waals surface area contributed by atoms with Crippen LogP contribution in [0.3, 0.4) is 0 Å². The standard InChI is InChI=1S/C34H41N3O7S/c1-21-11-12-28(42-20-23-18-33(3,4)44-34(5,6)19-23)29-25(32(38)36-45(39,40)37-13-15-41-16-14-37)17-26(35-30(21)29)31-22(2)24-9-7-8-10-27(24)43-31/h7-12,17,23H,13-16,18-20H2,1-6H3,(H,36,38). The largest absolute Gasteiger partial charge is 0.493 e. The van der Waals surface area contributed by atoms with Crippen molar-refractivity contribution in [1.82, 2.24) is 14.0 Å². The predicted molar refractivity (Wildman–Crippen MR) is 173 cm³/mol. The summed E-state index contributed by atoms with van der Waals surface area (Å²) < 4.78 is 54.4. The first-order valence-corrected chi connectivity index (χ1v) is 16.8. The van der Waals surface area contributed by atoms with Crippen molar-refractivity contribution in [3.8, 4) is 17.2 Å². The number of amides is 1. The molecule has 2 fully saturated rings. The summed E-state index contributed by atoms with van der Waals surface area (Å²) in [6.45, 7) is 13.5. The van der Waals surface area contributed by atoms with Crippen LogP contribution in [0, 0.1) is 19.8 Å². The number of aryl methyl sites for hydroxylation is 2. The number of para-hydroxylation sites is 1. The molecule has 10 nitrogen and oxygen atoms in total. The maximum Gasteiger partial charge on any atom is 0.304 e. The second-order valence-electron chi connectivity index (χ2n) is 13.4. The molecule has 4 aromatic rings. The summed E-state index contributed by atoms with van der Waals surface area (Å²) in [5, 5.41) is 1.39. The van der Waals surface area contributed by atoms with Gasteiger partial charge in [-0.1, -0.05) is 24.3 Å². The van der Waals surface area contributed by atoms with Gasteiger partial charge in [0.1, 0.15) is 17.0 Å². The molecule has 11 heteroatoms. The first kappa shape index (κ1) is 31.5. The van der Waals surface area contributed by atoms with Gasteiger partial charge < -0.3 is 18.6 Å². The van der Waals surface area contributed by atoms with Crippen molar-refractivity contribution >= 4 is 38.0 Å². The zero-order chi connectivity index (χ0) is 32.1. The van der Waals surface area contributed by atoms with Crippen LogP contribution in [0.15, 0.2) is 46.9 Å². The molecule has 0 spiro atoms. The van der Waals surface area contributed by atoms with E-state index in [1.807, 2.05) is 50.2 Å². The number of nitrogens with zero attached hydrogens (tertiary/aromatic N) is 2. The molecule has 0 bridgehead atoms. The number of ether oxygens (including phenoxy) is 3. The van der Waals surface area contributed by atoms with E-state index in [-0.39, 0.29) is 49.0 Å². The lowest BCUT2D eigenvalue weighted by atomic mass is 9.81. The SMILES string of the molecule is Cc1c(-c2cc(C(=O)NS(=O)(=O)N3CCOCC3)c3c(OCC4CC(C)(C)OC(C)(C)C4)ccc(C)c3n2)oc2ccccc12. The monoisotopic (exact) mass is 635 g/mol. The van der Waals surface area contributed by atoms with E-state index in [2.05, 4.69) is 32.4 Å². The minimum atomic E-state index is -4.13. The fourth-order valence-corrected chi connectivity index (χ4v) is 8.02. The third-order valence-corrected chi connectivity index (χ3v) is 10.1. The van der Waals surface area contributed by atoms with Crippen molar-refractivity contribution in [2.45, 2.75) is 65.6 Å². The quantitative estimate of drug-likeness (QED) is 0.265. The minimum Gasteiger partial charge on any atom is -0.493 e. The lowest BCUT2D eigenvalue weighted by Gasteiger charge is -2.45. The summed E-state index contributed by atoms with van der Waals surface area (Å²) >= 11 is 0. The Hall–Kier alpha value is -3.51. The fourth-order valence-electron chi connectivity index (χ4n) is 6.92. The van der Waals surface area contributed by atoms with Crippen molar-refractivity contribution in [3.63, 3.8) is 0 Å². The van der Waals surface area contributed by atoms with E-state index in [4.69, 9.17) is 23.6 Å². The minimum absolute atomic E-state index is 0.137. The van der Waals surface area contributed by atoms with Crippen molar-refractivity contribution in [1.29, 1.82) is 0 Å². The van der Waals surface area contributed by atoms with E-state index in [9.17, 15) is 13.2 Å². The van der Waals surface area contributed by atoms with Gasteiger partial charge in [-0.3, -0.25) is 4.79 Å². The van der Waals surface area contributed by atoms with Crippen molar-refractivity contribution in [3.05, 3.63) is 59.2 Å². The molecule has 2 aromatic heterocycles. The van der Waals surface area contributed by atoms with Gasteiger partial charge in [0.2, 0.25) is 0 Å². The highest BCUT2D eigenvalue weighted by atomic mass is 32.2. The highest BCUT2D eigenvalue weighted by molar-refractivity contribution is 7.87. The summed E-state index contributed by atoms with van der Waals surface area (Å²) in [5.41, 5.74) is 2.88. The molecule has 2 aromatic carbocycles. The molecule has 2 aliphatic rings. The zero-order valence-corrected chi connectivity index (χ0v) is 27.5. The van der Waals surface area contributed by atoms with Gasteiger partial charge >= 0.3 is 10.2 Å². The fraction of sp³-hybridized carbons (Fsp3) is 0.471. The molecule has 0 saturated carbocycles. The molecular formula is C34H41N3O7S. The lowest BCUT2D eigenvalue weighted by Crippen LogP contribution is -2.48. The van der Waals surface area contributed by atoms with E-state index < -0.39 is 16.1 Å². The third-order valence-electron chi connectivity index (χ3n) is 8.56. The number of hydrogen-bond acceptors (Lipinski definition) is 8. The molecule has 1 N–H and O–H groups in total. The van der Waals surface area contributed by atoms with Crippen molar-refractivity contribution < 1.29 is 31.8 Å². The van der Waals surface area contributed by atoms with Crippen molar-refractivity contribution in [2.75, 3.05) is 32.9 Å². The van der Waals surface area contributed by atoms with E-state index in [1.165, 1.54) is 4.31 Å². The number of carbonyl (C=O) groups excluding carboxylic acids is 1. The topological polar surface area (TPSA) is 120 Å². The molecular weight excluding hydrogens is 594 g/mol. The van der Waals surface area contributed by atoms with Gasteiger partial charge in [0.15, 0.2) is 5.76 Å². The first-order valence-electron chi connectivity index (χ1n) is 15.4. The number of pyridine rings is 1. The average Bonchev–Trinajstić information content (AvgIpc) is 3.31. The number of aromatic nitrogens is 1. The number of rotatable bonds is 7. The molecule has 45 heavy (non-hydrogen) atoms. The summed E-state index contributed by atoms with van der Waals surface area (Å²) in [4.78, 5) is 19.0. The van der Waals surface area contributed by atoms with Crippen LogP contribution in [0.2, 0.25) is 0 Å². The number of hydrogen-bond donors (Lipinski definition) is 1. The maximum absolute atomic E-state index is 14.0. The Morgan fingerprint density at radius 1 is 1.04 bits per heavy atom. The summed E-state index contributed by atoms with van der Waals surface area (Å²) in [6, 6.07) is 13.0. The lowest BCUT2D eigenvalue weighted by molar-refractivity contribution is -0.175. The normalized spacial score (nSPS) is 19.2.